The molecule has 0 aromatic heterocycles. The van der Waals surface area contributed by atoms with Crippen LogP contribution in [-0.4, -0.2) is 28.1 Å². The maximum absolute atomic E-state index is 12.6. The van der Waals surface area contributed by atoms with Crippen LogP contribution in [0.5, 0.6) is 0 Å². The van der Waals surface area contributed by atoms with Gasteiger partial charge in [-0.25, -0.2) is 0 Å². The van der Waals surface area contributed by atoms with Crippen LogP contribution in [-0.2, 0) is 9.59 Å². The van der Waals surface area contributed by atoms with Gasteiger partial charge in [-0.2, -0.15) is 0 Å². The van der Waals surface area contributed by atoms with Crippen molar-refractivity contribution in [2.24, 2.45) is 23.7 Å². The summed E-state index contributed by atoms with van der Waals surface area (Å²) in [6, 6.07) is 0. The molecule has 2 N–H and O–H groups in total. The summed E-state index contributed by atoms with van der Waals surface area (Å²) in [6.45, 7) is 0. The molecule has 3 aliphatic rings. The summed E-state index contributed by atoms with van der Waals surface area (Å²) in [5, 5.41) is 19.2. The van der Waals surface area contributed by atoms with E-state index in [1.54, 1.807) is 0 Å². The van der Waals surface area contributed by atoms with Crippen molar-refractivity contribution >= 4 is 11.8 Å². The van der Waals surface area contributed by atoms with Gasteiger partial charge in [0.1, 0.15) is 0 Å². The van der Waals surface area contributed by atoms with Crippen LogP contribution in [0, 0.1) is 23.7 Å². The second-order valence-electron chi connectivity index (χ2n) is 8.37. The first-order valence-corrected chi connectivity index (χ1v) is 10.4. The minimum absolute atomic E-state index is 0.141. The molecule has 0 aromatic carbocycles. The van der Waals surface area contributed by atoms with Crippen molar-refractivity contribution in [3.05, 3.63) is 23.8 Å². The van der Waals surface area contributed by atoms with Crippen molar-refractivity contribution in [1.29, 1.82) is 0 Å². The van der Waals surface area contributed by atoms with Crippen molar-refractivity contribution in [2.75, 3.05) is 0 Å². The molecule has 0 amide bonds. The van der Waals surface area contributed by atoms with Gasteiger partial charge in [-0.05, 0) is 68.3 Å². The van der Waals surface area contributed by atoms with Crippen molar-refractivity contribution in [1.82, 2.24) is 0 Å². The second-order valence-corrected chi connectivity index (χ2v) is 8.37. The average molecular weight is 360 g/mol. The maximum atomic E-state index is 12.6. The molecule has 4 unspecified atom stereocenters. The zero-order valence-electron chi connectivity index (χ0n) is 15.6. The monoisotopic (exact) mass is 360 g/mol. The third-order valence-electron chi connectivity index (χ3n) is 6.66. The Bertz CT molecular complexity index is 571. The van der Waals surface area contributed by atoms with E-state index in [0.717, 1.165) is 37.7 Å². The number of carbonyl (C=O) groups is 2. The summed E-state index contributed by atoms with van der Waals surface area (Å²) in [6.07, 6.45) is 16.1. The Morgan fingerprint density at radius 2 is 1.92 bits per heavy atom. The van der Waals surface area contributed by atoms with Gasteiger partial charge in [-0.15, -0.1) is 0 Å². The fourth-order valence-corrected chi connectivity index (χ4v) is 5.15. The Labute approximate surface area is 156 Å². The van der Waals surface area contributed by atoms with Crippen LogP contribution in [0.4, 0.5) is 0 Å². The highest BCUT2D eigenvalue weighted by atomic mass is 16.4. The lowest BCUT2D eigenvalue weighted by Gasteiger charge is -2.25. The molecule has 0 saturated heterocycles. The van der Waals surface area contributed by atoms with Crippen LogP contribution in [0.3, 0.4) is 0 Å². The van der Waals surface area contributed by atoms with E-state index in [2.05, 4.69) is 6.08 Å². The van der Waals surface area contributed by atoms with E-state index < -0.39 is 5.97 Å². The molecule has 0 radical (unpaired) electrons. The molecule has 0 bridgehead atoms. The number of allylic oxidation sites excluding steroid dienone is 3. The Morgan fingerprint density at radius 3 is 2.65 bits per heavy atom. The van der Waals surface area contributed by atoms with E-state index in [4.69, 9.17) is 5.11 Å². The second kappa shape index (κ2) is 8.98. The molecule has 3 rings (SSSR count). The van der Waals surface area contributed by atoms with Crippen molar-refractivity contribution in [3.8, 4) is 0 Å². The molecule has 0 spiro atoms. The van der Waals surface area contributed by atoms with Gasteiger partial charge >= 0.3 is 5.97 Å². The van der Waals surface area contributed by atoms with E-state index in [-0.39, 0.29) is 24.2 Å². The number of Topliss-reactive ketones (excluding diaryl/α,β-unsaturated/α-hetero) is 1. The summed E-state index contributed by atoms with van der Waals surface area (Å²) < 4.78 is 0. The first kappa shape index (κ1) is 19.3. The molecular weight excluding hydrogens is 328 g/mol. The molecule has 0 heterocycles. The number of rotatable bonds is 7. The van der Waals surface area contributed by atoms with Gasteiger partial charge in [0.25, 0.3) is 0 Å². The SMILES string of the molecule is O=C(O)CCC/C=C1\CC2C(/C=C/C(O)C3CCCCC3)CCC2C1=O. The maximum Gasteiger partial charge on any atom is 0.303 e. The van der Waals surface area contributed by atoms with Crippen molar-refractivity contribution in [2.45, 2.75) is 76.7 Å². The fourth-order valence-electron chi connectivity index (χ4n) is 5.15. The predicted molar refractivity (Wildman–Crippen MR) is 101 cm³/mol. The summed E-state index contributed by atoms with van der Waals surface area (Å²) in [5.74, 6) is 0.832. The van der Waals surface area contributed by atoms with E-state index in [1.807, 2.05) is 12.2 Å². The number of aliphatic carboxylic acids is 1. The zero-order chi connectivity index (χ0) is 18.5. The van der Waals surface area contributed by atoms with Crippen LogP contribution in [0.2, 0.25) is 0 Å². The molecule has 3 aliphatic carbocycles. The average Bonchev–Trinajstić information content (AvgIpc) is 3.17. The summed E-state index contributed by atoms with van der Waals surface area (Å²) in [5.41, 5.74) is 0.913. The predicted octanol–water partition coefficient (Wildman–Crippen LogP) is 4.28. The van der Waals surface area contributed by atoms with Gasteiger partial charge in [0.15, 0.2) is 5.78 Å². The highest BCUT2D eigenvalue weighted by Gasteiger charge is 2.45. The van der Waals surface area contributed by atoms with Crippen LogP contribution < -0.4 is 0 Å². The number of ketones is 1. The lowest BCUT2D eigenvalue weighted by atomic mass is 9.84. The number of hydrogen-bond donors (Lipinski definition) is 2. The lowest BCUT2D eigenvalue weighted by molar-refractivity contribution is -0.137. The molecule has 144 valence electrons. The zero-order valence-corrected chi connectivity index (χ0v) is 15.6. The van der Waals surface area contributed by atoms with Crippen LogP contribution in [0.25, 0.3) is 0 Å². The number of carboxylic acid groups (broad SMARTS) is 1. The summed E-state index contributed by atoms with van der Waals surface area (Å²) in [7, 11) is 0. The number of hydrogen-bond acceptors (Lipinski definition) is 3. The van der Waals surface area contributed by atoms with E-state index in [1.165, 1.54) is 19.3 Å². The lowest BCUT2D eigenvalue weighted by Crippen LogP contribution is -2.21. The number of fused-ring (bicyclic) bond motifs is 1. The molecule has 4 atom stereocenters. The number of aliphatic hydroxyl groups excluding tert-OH is 1. The van der Waals surface area contributed by atoms with Crippen LogP contribution in [0.15, 0.2) is 23.8 Å². The van der Waals surface area contributed by atoms with Gasteiger partial charge in [-0.3, -0.25) is 9.59 Å². The third kappa shape index (κ3) is 4.64. The molecular formula is C22H32O4. The van der Waals surface area contributed by atoms with Crippen LogP contribution >= 0.6 is 0 Å². The first-order valence-electron chi connectivity index (χ1n) is 10.4. The summed E-state index contributed by atoms with van der Waals surface area (Å²) >= 11 is 0. The van der Waals surface area contributed by atoms with Crippen molar-refractivity contribution < 1.29 is 19.8 Å². The smallest absolute Gasteiger partial charge is 0.303 e. The van der Waals surface area contributed by atoms with Gasteiger partial charge in [0.05, 0.1) is 6.10 Å². The van der Waals surface area contributed by atoms with E-state index in [0.29, 0.717) is 30.6 Å². The highest BCUT2D eigenvalue weighted by molar-refractivity contribution is 6.00. The number of aliphatic hydroxyl groups is 1. The number of carboxylic acids is 1. The minimum Gasteiger partial charge on any atom is -0.481 e. The highest BCUT2D eigenvalue weighted by Crippen LogP contribution is 2.48. The van der Waals surface area contributed by atoms with E-state index >= 15 is 0 Å². The Kier molecular flexibility index (Phi) is 6.68. The normalized spacial score (nSPS) is 32.4. The first-order chi connectivity index (χ1) is 12.6. The van der Waals surface area contributed by atoms with Gasteiger partial charge in [0, 0.05) is 12.3 Å². The molecule has 4 nitrogen and oxygen atoms in total. The van der Waals surface area contributed by atoms with Gasteiger partial charge in [0.2, 0.25) is 0 Å². The fraction of sp³-hybridized carbons (Fsp3) is 0.727. The molecule has 3 fully saturated rings. The van der Waals surface area contributed by atoms with Crippen LogP contribution in [0.1, 0.15) is 70.6 Å². The largest absolute Gasteiger partial charge is 0.481 e. The van der Waals surface area contributed by atoms with Crippen molar-refractivity contribution in [3.63, 3.8) is 0 Å². The minimum atomic E-state index is -0.778. The molecule has 26 heavy (non-hydrogen) atoms. The van der Waals surface area contributed by atoms with Gasteiger partial charge < -0.3 is 10.2 Å². The third-order valence-corrected chi connectivity index (χ3v) is 6.66. The topological polar surface area (TPSA) is 74.6 Å². The number of carbonyl (C=O) groups excluding carboxylic acids is 1. The molecule has 0 aromatic rings. The Morgan fingerprint density at radius 1 is 1.15 bits per heavy atom. The Balaban J connectivity index is 1.53. The molecule has 4 heteroatoms. The number of unbranched alkanes of at least 4 members (excludes halogenated alkanes) is 1. The molecule has 3 saturated carbocycles. The molecule has 0 aliphatic heterocycles. The summed E-state index contributed by atoms with van der Waals surface area (Å²) in [4.78, 5) is 23.2. The Hall–Kier alpha value is -1.42. The standard InChI is InChI=1S/C22H32O4/c23-20(16-6-2-1-3-7-16)13-11-15-10-12-18-19(15)14-17(22(18)26)8-4-5-9-21(24)25/h8,11,13,15-16,18-20,23H,1-7,9-10,12,14H2,(H,24,25)/b13-11+,17-8+. The van der Waals surface area contributed by atoms with Gasteiger partial charge in [-0.1, -0.05) is 37.5 Å². The van der Waals surface area contributed by atoms with E-state index in [9.17, 15) is 14.7 Å². The quantitative estimate of drug-likeness (QED) is 0.404.